The highest BCUT2D eigenvalue weighted by Gasteiger charge is 2.23. The van der Waals surface area contributed by atoms with E-state index in [0.717, 1.165) is 29.7 Å². The Balaban J connectivity index is 1.48. The second kappa shape index (κ2) is 8.07. The quantitative estimate of drug-likeness (QED) is 0.637. The molecule has 30 heavy (non-hydrogen) atoms. The highest BCUT2D eigenvalue weighted by atomic mass is 32.1. The Morgan fingerprint density at radius 3 is 2.40 bits per heavy atom. The average molecular weight is 419 g/mol. The zero-order valence-electron chi connectivity index (χ0n) is 17.8. The highest BCUT2D eigenvalue weighted by molar-refractivity contribution is 7.17. The molecule has 154 valence electrons. The van der Waals surface area contributed by atoms with Gasteiger partial charge in [0.05, 0.1) is 11.4 Å². The number of amides is 2. The lowest BCUT2D eigenvalue weighted by molar-refractivity contribution is -0.116. The first-order valence-corrected chi connectivity index (χ1v) is 11.0. The van der Waals surface area contributed by atoms with Gasteiger partial charge in [-0.1, -0.05) is 42.0 Å². The van der Waals surface area contributed by atoms with Crippen LogP contribution in [0.1, 0.15) is 37.5 Å². The third kappa shape index (κ3) is 3.90. The molecule has 0 bridgehead atoms. The molecular weight excluding hydrogens is 392 g/mol. The van der Waals surface area contributed by atoms with Gasteiger partial charge in [0.25, 0.3) is 5.91 Å². The number of thiophene rings is 1. The maximum atomic E-state index is 13.0. The van der Waals surface area contributed by atoms with Gasteiger partial charge in [-0.3, -0.25) is 9.59 Å². The summed E-state index contributed by atoms with van der Waals surface area (Å²) in [5.41, 5.74) is 7.84. The first-order valence-electron chi connectivity index (χ1n) is 10.2. The number of hydrogen-bond donors (Lipinski definition) is 1. The lowest BCUT2D eigenvalue weighted by atomic mass is 9.91. The van der Waals surface area contributed by atoms with Gasteiger partial charge >= 0.3 is 0 Å². The topological polar surface area (TPSA) is 49.4 Å². The SMILES string of the molecule is Cc1cc(C)c(NC(=O)CN(C)C(=O)c2cc3c(s2)-c2ccccc2CC3)c(C)c1. The molecule has 0 fully saturated rings. The van der Waals surface area contributed by atoms with Gasteiger partial charge in [0.1, 0.15) is 0 Å². The van der Waals surface area contributed by atoms with E-state index in [-0.39, 0.29) is 18.4 Å². The molecule has 1 heterocycles. The van der Waals surface area contributed by atoms with Gasteiger partial charge in [-0.15, -0.1) is 11.3 Å². The molecule has 1 aromatic heterocycles. The van der Waals surface area contributed by atoms with Crippen molar-refractivity contribution in [3.8, 4) is 10.4 Å². The molecule has 0 radical (unpaired) electrons. The number of carbonyl (C=O) groups is 2. The molecule has 0 unspecified atom stereocenters. The van der Waals surface area contributed by atoms with Crippen molar-refractivity contribution < 1.29 is 9.59 Å². The van der Waals surface area contributed by atoms with Crippen LogP contribution in [0.5, 0.6) is 0 Å². The van der Waals surface area contributed by atoms with Gasteiger partial charge in [0.15, 0.2) is 0 Å². The van der Waals surface area contributed by atoms with Crippen molar-refractivity contribution >= 4 is 28.8 Å². The molecule has 2 amide bonds. The molecule has 0 saturated heterocycles. The molecule has 4 rings (SSSR count). The summed E-state index contributed by atoms with van der Waals surface area (Å²) in [4.78, 5) is 29.0. The fraction of sp³-hybridized carbons (Fsp3) is 0.280. The van der Waals surface area contributed by atoms with E-state index in [0.29, 0.717) is 4.88 Å². The molecule has 4 nitrogen and oxygen atoms in total. The minimum Gasteiger partial charge on any atom is -0.332 e. The number of carbonyl (C=O) groups excluding carboxylic acids is 2. The van der Waals surface area contributed by atoms with Crippen LogP contribution in [0.4, 0.5) is 5.69 Å². The number of rotatable bonds is 4. The largest absolute Gasteiger partial charge is 0.332 e. The fourth-order valence-corrected chi connectivity index (χ4v) is 5.47. The summed E-state index contributed by atoms with van der Waals surface area (Å²) in [6.45, 7) is 6.03. The molecule has 1 N–H and O–H groups in total. The average Bonchev–Trinajstić information content (AvgIpc) is 3.15. The number of aryl methyl sites for hydroxylation is 5. The Morgan fingerprint density at radius 2 is 1.67 bits per heavy atom. The Kier molecular flexibility index (Phi) is 5.48. The third-order valence-corrected chi connectivity index (χ3v) is 6.81. The zero-order chi connectivity index (χ0) is 21.4. The number of hydrogen-bond acceptors (Lipinski definition) is 3. The van der Waals surface area contributed by atoms with E-state index in [9.17, 15) is 9.59 Å². The van der Waals surface area contributed by atoms with Crippen LogP contribution in [0, 0.1) is 20.8 Å². The van der Waals surface area contributed by atoms with E-state index in [1.54, 1.807) is 7.05 Å². The van der Waals surface area contributed by atoms with Gasteiger partial charge in [-0.05, 0) is 67.5 Å². The summed E-state index contributed by atoms with van der Waals surface area (Å²) >= 11 is 1.53. The number of anilines is 1. The predicted molar refractivity (Wildman–Crippen MR) is 123 cm³/mol. The smallest absolute Gasteiger partial charge is 0.264 e. The van der Waals surface area contributed by atoms with Crippen molar-refractivity contribution in [3.63, 3.8) is 0 Å². The molecule has 2 aromatic carbocycles. The lowest BCUT2D eigenvalue weighted by Crippen LogP contribution is -2.34. The summed E-state index contributed by atoms with van der Waals surface area (Å²) in [7, 11) is 1.68. The molecule has 3 aromatic rings. The van der Waals surface area contributed by atoms with Crippen LogP contribution in [0.2, 0.25) is 0 Å². The summed E-state index contributed by atoms with van der Waals surface area (Å²) in [5.74, 6) is -0.299. The van der Waals surface area contributed by atoms with Crippen molar-refractivity contribution in [2.45, 2.75) is 33.6 Å². The number of likely N-dealkylation sites (N-methyl/N-ethyl adjacent to an activating group) is 1. The maximum absolute atomic E-state index is 13.0. The molecule has 0 spiro atoms. The molecule has 1 aliphatic rings. The Labute approximate surface area is 181 Å². The third-order valence-electron chi connectivity index (χ3n) is 5.61. The summed E-state index contributed by atoms with van der Waals surface area (Å²) < 4.78 is 0. The summed E-state index contributed by atoms with van der Waals surface area (Å²) in [6, 6.07) is 14.5. The minimum absolute atomic E-state index is 0.0186. The second-order valence-corrected chi connectivity index (χ2v) is 9.16. The van der Waals surface area contributed by atoms with E-state index < -0.39 is 0 Å². The monoisotopic (exact) mass is 418 g/mol. The van der Waals surface area contributed by atoms with Crippen LogP contribution in [0.3, 0.4) is 0 Å². The first kappa shape index (κ1) is 20.4. The van der Waals surface area contributed by atoms with Crippen LogP contribution in [0.25, 0.3) is 10.4 Å². The van der Waals surface area contributed by atoms with Crippen molar-refractivity contribution in [3.05, 3.63) is 75.2 Å². The van der Waals surface area contributed by atoms with Crippen LogP contribution < -0.4 is 5.32 Å². The van der Waals surface area contributed by atoms with Gasteiger partial charge in [-0.25, -0.2) is 0 Å². The van der Waals surface area contributed by atoms with Crippen molar-refractivity contribution in [1.29, 1.82) is 0 Å². The Hall–Kier alpha value is -2.92. The van der Waals surface area contributed by atoms with E-state index in [1.807, 2.05) is 45.0 Å². The van der Waals surface area contributed by atoms with Gasteiger partial charge < -0.3 is 10.2 Å². The number of nitrogens with zero attached hydrogens (tertiary/aromatic N) is 1. The van der Waals surface area contributed by atoms with E-state index >= 15 is 0 Å². The molecule has 0 saturated carbocycles. The molecule has 1 aliphatic carbocycles. The standard InChI is InChI=1S/C25H26N2O2S/c1-15-11-16(2)23(17(3)12-15)26-22(28)14-27(4)25(29)21-13-19-10-9-18-7-5-6-8-20(18)24(19)30-21/h5-8,11-13H,9-10,14H2,1-4H3,(H,26,28). The van der Waals surface area contributed by atoms with Crippen LogP contribution in [0.15, 0.2) is 42.5 Å². The van der Waals surface area contributed by atoms with Gasteiger partial charge in [0, 0.05) is 17.6 Å². The fourth-order valence-electron chi connectivity index (χ4n) is 4.21. The molecular formula is C25H26N2O2S. The van der Waals surface area contributed by atoms with E-state index in [4.69, 9.17) is 0 Å². The number of nitrogens with one attached hydrogen (secondary N) is 1. The maximum Gasteiger partial charge on any atom is 0.264 e. The zero-order valence-corrected chi connectivity index (χ0v) is 18.7. The lowest BCUT2D eigenvalue weighted by Gasteiger charge is -2.18. The van der Waals surface area contributed by atoms with Crippen LogP contribution in [-0.2, 0) is 17.6 Å². The summed E-state index contributed by atoms with van der Waals surface area (Å²) in [5, 5.41) is 2.98. The Bertz CT molecular complexity index is 1120. The normalized spacial score (nSPS) is 12.1. The summed E-state index contributed by atoms with van der Waals surface area (Å²) in [6.07, 6.45) is 1.95. The first-order chi connectivity index (χ1) is 14.3. The molecule has 5 heteroatoms. The van der Waals surface area contributed by atoms with E-state index in [1.165, 1.54) is 43.4 Å². The number of benzene rings is 2. The van der Waals surface area contributed by atoms with Gasteiger partial charge in [-0.2, -0.15) is 0 Å². The predicted octanol–water partition coefficient (Wildman–Crippen LogP) is 5.15. The Morgan fingerprint density at radius 1 is 1.00 bits per heavy atom. The molecule has 0 aliphatic heterocycles. The van der Waals surface area contributed by atoms with Crippen molar-refractivity contribution in [1.82, 2.24) is 4.90 Å². The van der Waals surface area contributed by atoms with Crippen LogP contribution >= 0.6 is 11.3 Å². The minimum atomic E-state index is -0.187. The van der Waals surface area contributed by atoms with Crippen LogP contribution in [-0.4, -0.2) is 30.3 Å². The van der Waals surface area contributed by atoms with Crippen molar-refractivity contribution in [2.75, 3.05) is 18.9 Å². The van der Waals surface area contributed by atoms with Gasteiger partial charge in [0.2, 0.25) is 5.91 Å². The van der Waals surface area contributed by atoms with Crippen molar-refractivity contribution in [2.24, 2.45) is 0 Å². The second-order valence-electron chi connectivity index (χ2n) is 8.11. The van der Waals surface area contributed by atoms with E-state index in [2.05, 4.69) is 23.5 Å². The number of fused-ring (bicyclic) bond motifs is 3. The highest BCUT2D eigenvalue weighted by Crippen LogP contribution is 2.39. The molecule has 0 atom stereocenters.